The van der Waals surface area contributed by atoms with Crippen molar-refractivity contribution < 1.29 is 9.59 Å². The van der Waals surface area contributed by atoms with E-state index in [1.807, 2.05) is 24.3 Å². The predicted molar refractivity (Wildman–Crippen MR) is 96.4 cm³/mol. The fourth-order valence-electron chi connectivity index (χ4n) is 2.84. The van der Waals surface area contributed by atoms with Gasteiger partial charge < -0.3 is 15.5 Å². The molecule has 1 aliphatic heterocycles. The van der Waals surface area contributed by atoms with Gasteiger partial charge in [0.2, 0.25) is 5.91 Å². The number of carbonyl (C=O) groups excluding carboxylic acids is 2. The first-order valence-electron chi connectivity index (χ1n) is 8.59. The molecule has 24 heavy (non-hydrogen) atoms. The number of piperazine rings is 1. The fourth-order valence-corrected chi connectivity index (χ4v) is 2.84. The number of anilines is 1. The maximum atomic E-state index is 12.1. The Morgan fingerprint density at radius 2 is 1.71 bits per heavy atom. The molecule has 0 spiro atoms. The average Bonchev–Trinajstić information content (AvgIpc) is 2.61. The lowest BCUT2D eigenvalue weighted by molar-refractivity contribution is -0.120. The third-order valence-corrected chi connectivity index (χ3v) is 4.46. The van der Waals surface area contributed by atoms with Gasteiger partial charge in [0.15, 0.2) is 0 Å². The van der Waals surface area contributed by atoms with Gasteiger partial charge in [0.25, 0.3) is 5.91 Å². The Morgan fingerprint density at radius 3 is 2.25 bits per heavy atom. The van der Waals surface area contributed by atoms with Crippen LogP contribution in [0.25, 0.3) is 0 Å². The van der Waals surface area contributed by atoms with Crippen molar-refractivity contribution in [2.45, 2.75) is 26.3 Å². The maximum Gasteiger partial charge on any atom is 0.251 e. The number of hydrogen-bond donors (Lipinski definition) is 2. The molecular formula is C18H28N4O2. The molecule has 1 aromatic rings. The summed E-state index contributed by atoms with van der Waals surface area (Å²) in [5, 5.41) is 5.29. The van der Waals surface area contributed by atoms with Crippen LogP contribution in [0, 0.1) is 0 Å². The molecule has 1 aliphatic rings. The molecule has 6 heteroatoms. The van der Waals surface area contributed by atoms with Crippen LogP contribution in [0.4, 0.5) is 5.69 Å². The van der Waals surface area contributed by atoms with Crippen molar-refractivity contribution in [3.05, 3.63) is 29.8 Å². The zero-order chi connectivity index (χ0) is 17.5. The van der Waals surface area contributed by atoms with Gasteiger partial charge in [-0.15, -0.1) is 0 Å². The highest BCUT2D eigenvalue weighted by Gasteiger charge is 2.19. The van der Waals surface area contributed by atoms with E-state index in [1.165, 1.54) is 0 Å². The van der Waals surface area contributed by atoms with Crippen molar-refractivity contribution in [1.82, 2.24) is 15.5 Å². The summed E-state index contributed by atoms with van der Waals surface area (Å²) in [6, 6.07) is 8.28. The van der Waals surface area contributed by atoms with E-state index in [0.29, 0.717) is 24.6 Å². The number of benzene rings is 1. The van der Waals surface area contributed by atoms with Crippen LogP contribution in [-0.2, 0) is 4.79 Å². The van der Waals surface area contributed by atoms with Crippen LogP contribution >= 0.6 is 0 Å². The summed E-state index contributed by atoms with van der Waals surface area (Å²) < 4.78 is 0. The number of nitrogens with zero attached hydrogens (tertiary/aromatic N) is 2. The third kappa shape index (κ3) is 4.96. The lowest BCUT2D eigenvalue weighted by Gasteiger charge is -2.38. The van der Waals surface area contributed by atoms with Gasteiger partial charge in [-0.1, -0.05) is 0 Å². The Balaban J connectivity index is 1.84. The van der Waals surface area contributed by atoms with Crippen LogP contribution in [-0.4, -0.2) is 62.5 Å². The Labute approximate surface area is 144 Å². The molecular weight excluding hydrogens is 304 g/mol. The minimum Gasteiger partial charge on any atom is -0.369 e. The van der Waals surface area contributed by atoms with Crippen LogP contribution in [0.15, 0.2) is 24.3 Å². The van der Waals surface area contributed by atoms with Crippen molar-refractivity contribution in [2.24, 2.45) is 0 Å². The molecule has 2 amide bonds. The van der Waals surface area contributed by atoms with E-state index in [0.717, 1.165) is 31.9 Å². The van der Waals surface area contributed by atoms with E-state index in [2.05, 4.69) is 34.3 Å². The minimum absolute atomic E-state index is 0.0776. The van der Waals surface area contributed by atoms with Crippen LogP contribution in [0.5, 0.6) is 0 Å². The lowest BCUT2D eigenvalue weighted by atomic mass is 10.1. The van der Waals surface area contributed by atoms with E-state index in [9.17, 15) is 9.59 Å². The third-order valence-electron chi connectivity index (χ3n) is 4.46. The summed E-state index contributed by atoms with van der Waals surface area (Å²) in [7, 11) is 1.59. The van der Waals surface area contributed by atoms with Crippen LogP contribution in [0.2, 0.25) is 0 Å². The Morgan fingerprint density at radius 1 is 1.08 bits per heavy atom. The van der Waals surface area contributed by atoms with Gasteiger partial charge in [0.1, 0.15) is 0 Å². The molecule has 2 N–H and O–H groups in total. The standard InChI is InChI=1S/C18H28N4O2/c1-14(2)21-10-12-22(13-11-21)16-6-4-15(5-7-16)18(24)20-9-8-17(23)19-3/h4-7,14H,8-13H2,1-3H3,(H,19,23)(H,20,24). The molecule has 0 radical (unpaired) electrons. The smallest absolute Gasteiger partial charge is 0.251 e. The van der Waals surface area contributed by atoms with E-state index in [1.54, 1.807) is 7.05 Å². The molecule has 0 unspecified atom stereocenters. The van der Waals surface area contributed by atoms with Crippen molar-refractivity contribution in [3.63, 3.8) is 0 Å². The first-order valence-corrected chi connectivity index (χ1v) is 8.59. The van der Waals surface area contributed by atoms with Crippen LogP contribution in [0.1, 0.15) is 30.6 Å². The first-order chi connectivity index (χ1) is 11.5. The first kappa shape index (κ1) is 18.3. The Kier molecular flexibility index (Phi) is 6.61. The Bertz CT molecular complexity index is 549. The Hall–Kier alpha value is -2.08. The molecule has 0 saturated carbocycles. The van der Waals surface area contributed by atoms with Crippen molar-refractivity contribution in [2.75, 3.05) is 44.7 Å². The summed E-state index contributed by atoms with van der Waals surface area (Å²) in [5.41, 5.74) is 1.77. The summed E-state index contributed by atoms with van der Waals surface area (Å²) in [6.45, 7) is 8.96. The molecule has 1 fully saturated rings. The summed E-state index contributed by atoms with van der Waals surface area (Å²) in [6.07, 6.45) is 0.292. The maximum absolute atomic E-state index is 12.1. The van der Waals surface area contributed by atoms with Gasteiger partial charge in [0, 0.05) is 63.5 Å². The van der Waals surface area contributed by atoms with E-state index >= 15 is 0 Å². The van der Waals surface area contributed by atoms with Gasteiger partial charge >= 0.3 is 0 Å². The van der Waals surface area contributed by atoms with E-state index < -0.39 is 0 Å². The molecule has 0 atom stereocenters. The zero-order valence-electron chi connectivity index (χ0n) is 14.8. The molecule has 0 aliphatic carbocycles. The van der Waals surface area contributed by atoms with Crippen molar-refractivity contribution >= 4 is 17.5 Å². The normalized spacial score (nSPS) is 15.4. The lowest BCUT2D eigenvalue weighted by Crippen LogP contribution is -2.48. The van der Waals surface area contributed by atoms with Gasteiger partial charge in [-0.2, -0.15) is 0 Å². The molecule has 2 rings (SSSR count). The number of hydrogen-bond acceptors (Lipinski definition) is 4. The topological polar surface area (TPSA) is 64.7 Å². The monoisotopic (exact) mass is 332 g/mol. The zero-order valence-corrected chi connectivity index (χ0v) is 14.8. The molecule has 1 saturated heterocycles. The summed E-state index contributed by atoms with van der Waals surface area (Å²) in [4.78, 5) is 28.0. The second kappa shape index (κ2) is 8.68. The van der Waals surface area contributed by atoms with Crippen LogP contribution < -0.4 is 15.5 Å². The quantitative estimate of drug-likeness (QED) is 0.818. The number of amides is 2. The SMILES string of the molecule is CNC(=O)CCNC(=O)c1ccc(N2CCN(C(C)C)CC2)cc1. The number of carbonyl (C=O) groups is 2. The second-order valence-corrected chi connectivity index (χ2v) is 6.34. The molecule has 0 bridgehead atoms. The van der Waals surface area contributed by atoms with Gasteiger partial charge in [-0.05, 0) is 38.1 Å². The molecule has 0 aromatic heterocycles. The predicted octanol–water partition coefficient (Wildman–Crippen LogP) is 1.08. The average molecular weight is 332 g/mol. The molecule has 1 heterocycles. The highest BCUT2D eigenvalue weighted by atomic mass is 16.2. The van der Waals surface area contributed by atoms with E-state index in [4.69, 9.17) is 0 Å². The summed E-state index contributed by atoms with van der Waals surface area (Å²) in [5.74, 6) is -0.221. The second-order valence-electron chi connectivity index (χ2n) is 6.34. The molecule has 6 nitrogen and oxygen atoms in total. The summed E-state index contributed by atoms with van der Waals surface area (Å²) >= 11 is 0. The van der Waals surface area contributed by atoms with Crippen molar-refractivity contribution in [1.29, 1.82) is 0 Å². The van der Waals surface area contributed by atoms with Crippen molar-refractivity contribution in [3.8, 4) is 0 Å². The fraction of sp³-hybridized carbons (Fsp3) is 0.556. The molecule has 1 aromatic carbocycles. The minimum atomic E-state index is -0.143. The van der Waals surface area contributed by atoms with Gasteiger partial charge in [0.05, 0.1) is 0 Å². The van der Waals surface area contributed by atoms with E-state index in [-0.39, 0.29) is 11.8 Å². The van der Waals surface area contributed by atoms with Gasteiger partial charge in [-0.25, -0.2) is 0 Å². The largest absolute Gasteiger partial charge is 0.369 e. The van der Waals surface area contributed by atoms with Gasteiger partial charge in [-0.3, -0.25) is 14.5 Å². The molecule has 132 valence electrons. The number of rotatable bonds is 6. The highest BCUT2D eigenvalue weighted by molar-refractivity contribution is 5.94. The number of nitrogens with one attached hydrogen (secondary N) is 2. The van der Waals surface area contributed by atoms with Crippen LogP contribution in [0.3, 0.4) is 0 Å². The highest BCUT2D eigenvalue weighted by Crippen LogP contribution is 2.18.